The van der Waals surface area contributed by atoms with Crippen LogP contribution in [0.4, 0.5) is 0 Å². The van der Waals surface area contributed by atoms with Crippen molar-refractivity contribution in [2.45, 2.75) is 6.54 Å². The Morgan fingerprint density at radius 1 is 1.05 bits per heavy atom. The Balaban J connectivity index is 2.14. The van der Waals surface area contributed by atoms with Gasteiger partial charge in [-0.25, -0.2) is 4.68 Å². The Bertz CT molecular complexity index is 835. The van der Waals surface area contributed by atoms with Crippen molar-refractivity contribution in [3.05, 3.63) is 59.8 Å². The normalized spacial score (nSPS) is 14.1. The van der Waals surface area contributed by atoms with Crippen molar-refractivity contribution in [1.82, 2.24) is 14.7 Å². The van der Waals surface area contributed by atoms with E-state index in [4.69, 9.17) is 0 Å². The first-order valence-corrected chi connectivity index (χ1v) is 6.57. The summed E-state index contributed by atoms with van der Waals surface area (Å²) in [6.07, 6.45) is 0. The number of nitrogens with zero attached hydrogens (tertiary/aromatic N) is 3. The van der Waals surface area contributed by atoms with E-state index in [0.717, 1.165) is 22.2 Å². The van der Waals surface area contributed by atoms with Crippen LogP contribution in [0.3, 0.4) is 0 Å². The first-order chi connectivity index (χ1) is 9.75. The average molecular weight is 263 g/mol. The molecule has 2 heterocycles. The number of rotatable bonds is 0. The summed E-state index contributed by atoms with van der Waals surface area (Å²) in [5, 5.41) is 5.51. The number of carbonyl (C=O) groups excluding carboxylic acids is 1. The minimum Gasteiger partial charge on any atom is -0.336 e. The van der Waals surface area contributed by atoms with E-state index in [1.54, 1.807) is 9.58 Å². The molecule has 4 rings (SSSR count). The van der Waals surface area contributed by atoms with Crippen LogP contribution in [-0.4, -0.2) is 27.6 Å². The van der Waals surface area contributed by atoms with Gasteiger partial charge in [0, 0.05) is 19.0 Å². The van der Waals surface area contributed by atoms with Crippen LogP contribution >= 0.6 is 0 Å². The van der Waals surface area contributed by atoms with Crippen LogP contribution in [-0.2, 0) is 6.54 Å². The van der Waals surface area contributed by atoms with E-state index in [2.05, 4.69) is 5.10 Å². The van der Waals surface area contributed by atoms with E-state index in [1.165, 1.54) is 0 Å². The van der Waals surface area contributed by atoms with Gasteiger partial charge in [-0.1, -0.05) is 36.4 Å². The summed E-state index contributed by atoms with van der Waals surface area (Å²) in [7, 11) is 1.83. The van der Waals surface area contributed by atoms with E-state index in [-0.39, 0.29) is 5.91 Å². The molecule has 0 aliphatic carbocycles. The van der Waals surface area contributed by atoms with Gasteiger partial charge >= 0.3 is 0 Å². The highest BCUT2D eigenvalue weighted by Crippen LogP contribution is 2.28. The van der Waals surface area contributed by atoms with Crippen molar-refractivity contribution in [1.29, 1.82) is 0 Å². The summed E-state index contributed by atoms with van der Waals surface area (Å²) in [6, 6.07) is 15.8. The molecule has 1 aromatic heterocycles. The number of fused-ring (bicyclic) bond motifs is 5. The third-order valence-corrected chi connectivity index (χ3v) is 3.76. The average Bonchev–Trinajstić information content (AvgIpc) is 2.81. The molecule has 0 unspecified atom stereocenters. The minimum absolute atomic E-state index is 0.00917. The lowest BCUT2D eigenvalue weighted by Crippen LogP contribution is -2.25. The second-order valence-electron chi connectivity index (χ2n) is 5.07. The summed E-state index contributed by atoms with van der Waals surface area (Å²) in [6.45, 7) is 0.604. The SMILES string of the molecule is CN1Cc2ccccc2-n2nc3ccccc3c2C1=O. The number of aromatic nitrogens is 2. The first-order valence-electron chi connectivity index (χ1n) is 6.57. The summed E-state index contributed by atoms with van der Waals surface area (Å²) < 4.78 is 1.78. The van der Waals surface area contributed by atoms with Gasteiger partial charge in [0.15, 0.2) is 0 Å². The van der Waals surface area contributed by atoms with Gasteiger partial charge in [-0.05, 0) is 17.7 Å². The largest absolute Gasteiger partial charge is 0.336 e. The lowest BCUT2D eigenvalue weighted by atomic mass is 10.2. The highest BCUT2D eigenvalue weighted by molar-refractivity contribution is 6.05. The molecule has 20 heavy (non-hydrogen) atoms. The van der Waals surface area contributed by atoms with Crippen LogP contribution in [0.1, 0.15) is 16.1 Å². The molecule has 0 spiro atoms. The van der Waals surface area contributed by atoms with E-state index in [9.17, 15) is 4.79 Å². The molecule has 4 nitrogen and oxygen atoms in total. The standard InChI is InChI=1S/C16H13N3O/c1-18-10-11-6-2-5-9-14(11)19-15(16(18)20)12-7-3-4-8-13(12)17-19/h2-9H,10H2,1H3. The topological polar surface area (TPSA) is 38.1 Å². The van der Waals surface area contributed by atoms with Gasteiger partial charge in [0.05, 0.1) is 11.2 Å². The second-order valence-corrected chi connectivity index (χ2v) is 5.07. The third-order valence-electron chi connectivity index (χ3n) is 3.76. The summed E-state index contributed by atoms with van der Waals surface area (Å²) in [5.41, 5.74) is 3.58. The zero-order valence-corrected chi connectivity index (χ0v) is 11.1. The number of benzene rings is 2. The number of carbonyl (C=O) groups is 1. The van der Waals surface area contributed by atoms with E-state index in [0.29, 0.717) is 12.2 Å². The molecule has 3 aromatic rings. The number of hydrogen-bond acceptors (Lipinski definition) is 2. The van der Waals surface area contributed by atoms with Crippen LogP contribution in [0.15, 0.2) is 48.5 Å². The fourth-order valence-corrected chi connectivity index (χ4v) is 2.77. The Hall–Kier alpha value is -2.62. The Kier molecular flexibility index (Phi) is 2.21. The number of para-hydroxylation sites is 1. The summed E-state index contributed by atoms with van der Waals surface area (Å²) >= 11 is 0. The lowest BCUT2D eigenvalue weighted by molar-refractivity contribution is 0.0783. The number of amides is 1. The highest BCUT2D eigenvalue weighted by Gasteiger charge is 2.27. The minimum atomic E-state index is 0.00917. The Labute approximate surface area is 116 Å². The van der Waals surface area contributed by atoms with Crippen molar-refractivity contribution < 1.29 is 4.79 Å². The Morgan fingerprint density at radius 2 is 1.80 bits per heavy atom. The van der Waals surface area contributed by atoms with Gasteiger partial charge < -0.3 is 4.90 Å². The molecule has 0 atom stereocenters. The molecule has 0 radical (unpaired) electrons. The predicted octanol–water partition coefficient (Wildman–Crippen LogP) is 2.61. The van der Waals surface area contributed by atoms with Gasteiger partial charge in [0.1, 0.15) is 5.69 Å². The maximum atomic E-state index is 12.6. The Morgan fingerprint density at radius 3 is 2.70 bits per heavy atom. The zero-order valence-electron chi connectivity index (χ0n) is 11.1. The predicted molar refractivity (Wildman–Crippen MR) is 76.9 cm³/mol. The number of hydrogen-bond donors (Lipinski definition) is 0. The quantitative estimate of drug-likeness (QED) is 0.625. The maximum absolute atomic E-state index is 12.6. The van der Waals surface area contributed by atoms with E-state index < -0.39 is 0 Å². The molecule has 4 heteroatoms. The maximum Gasteiger partial charge on any atom is 0.273 e. The van der Waals surface area contributed by atoms with Gasteiger partial charge in [-0.2, -0.15) is 5.10 Å². The fraction of sp³-hybridized carbons (Fsp3) is 0.125. The van der Waals surface area contributed by atoms with Crippen molar-refractivity contribution in [3.63, 3.8) is 0 Å². The summed E-state index contributed by atoms with van der Waals surface area (Å²) in [4.78, 5) is 14.4. The van der Waals surface area contributed by atoms with E-state index in [1.807, 2.05) is 55.6 Å². The van der Waals surface area contributed by atoms with Crippen LogP contribution in [0.2, 0.25) is 0 Å². The molecule has 98 valence electrons. The van der Waals surface area contributed by atoms with Crippen LogP contribution in [0.25, 0.3) is 16.6 Å². The molecule has 0 saturated heterocycles. The monoisotopic (exact) mass is 263 g/mol. The van der Waals surface area contributed by atoms with Gasteiger partial charge in [0.2, 0.25) is 0 Å². The molecule has 2 aromatic carbocycles. The molecule has 0 N–H and O–H groups in total. The summed E-state index contributed by atoms with van der Waals surface area (Å²) in [5.74, 6) is 0.00917. The van der Waals surface area contributed by atoms with Crippen molar-refractivity contribution in [3.8, 4) is 5.69 Å². The molecule has 0 bridgehead atoms. The van der Waals surface area contributed by atoms with Gasteiger partial charge in [0.25, 0.3) is 5.91 Å². The second kappa shape index (κ2) is 3.93. The van der Waals surface area contributed by atoms with Crippen LogP contribution < -0.4 is 0 Å². The molecular formula is C16H13N3O. The van der Waals surface area contributed by atoms with Crippen molar-refractivity contribution >= 4 is 16.8 Å². The van der Waals surface area contributed by atoms with Crippen LogP contribution in [0, 0.1) is 0 Å². The lowest BCUT2D eigenvalue weighted by Gasteiger charge is -2.13. The highest BCUT2D eigenvalue weighted by atomic mass is 16.2. The molecule has 1 aliphatic rings. The van der Waals surface area contributed by atoms with Gasteiger partial charge in [-0.15, -0.1) is 0 Å². The molecule has 1 amide bonds. The third kappa shape index (κ3) is 1.42. The van der Waals surface area contributed by atoms with Gasteiger partial charge in [-0.3, -0.25) is 4.79 Å². The smallest absolute Gasteiger partial charge is 0.273 e. The molecule has 1 aliphatic heterocycles. The first kappa shape index (κ1) is 11.2. The molecule has 0 fully saturated rings. The van der Waals surface area contributed by atoms with Crippen molar-refractivity contribution in [2.75, 3.05) is 7.05 Å². The molecule has 0 saturated carbocycles. The zero-order chi connectivity index (χ0) is 13.7. The molecular weight excluding hydrogens is 250 g/mol. The van der Waals surface area contributed by atoms with Crippen LogP contribution in [0.5, 0.6) is 0 Å². The fourth-order valence-electron chi connectivity index (χ4n) is 2.77. The van der Waals surface area contributed by atoms with Crippen molar-refractivity contribution in [2.24, 2.45) is 0 Å². The van der Waals surface area contributed by atoms with E-state index >= 15 is 0 Å².